The van der Waals surface area contributed by atoms with Crippen LogP contribution in [0.5, 0.6) is 5.88 Å². The van der Waals surface area contributed by atoms with Crippen LogP contribution in [0.1, 0.15) is 9.67 Å². The molecule has 6 nitrogen and oxygen atoms in total. The minimum absolute atomic E-state index is 0.395. The van der Waals surface area contributed by atoms with E-state index in [0.717, 1.165) is 5.69 Å². The highest BCUT2D eigenvalue weighted by molar-refractivity contribution is 7.17. The monoisotopic (exact) mass is 265 g/mol. The van der Waals surface area contributed by atoms with Crippen LogP contribution in [0.2, 0.25) is 0 Å². The molecule has 1 N–H and O–H groups in total. The molecule has 2 aromatic rings. The SMILES string of the molecule is COC(=O)c1cnc(Nc2ccc(OC)nc2)s1. The van der Waals surface area contributed by atoms with E-state index < -0.39 is 5.97 Å². The lowest BCUT2D eigenvalue weighted by Gasteiger charge is -2.02. The fourth-order valence-corrected chi connectivity index (χ4v) is 1.98. The average molecular weight is 265 g/mol. The van der Waals surface area contributed by atoms with Gasteiger partial charge in [-0.2, -0.15) is 0 Å². The summed E-state index contributed by atoms with van der Waals surface area (Å²) in [5, 5.41) is 3.64. The summed E-state index contributed by atoms with van der Waals surface area (Å²) in [7, 11) is 2.89. The first kappa shape index (κ1) is 12.3. The number of ether oxygens (including phenoxy) is 2. The van der Waals surface area contributed by atoms with Crippen molar-refractivity contribution >= 4 is 28.1 Å². The van der Waals surface area contributed by atoms with Crippen LogP contribution in [0.3, 0.4) is 0 Å². The van der Waals surface area contributed by atoms with Crippen LogP contribution in [-0.4, -0.2) is 30.2 Å². The number of thiazole rings is 1. The molecule has 2 rings (SSSR count). The Kier molecular flexibility index (Phi) is 3.73. The summed E-state index contributed by atoms with van der Waals surface area (Å²) >= 11 is 1.21. The van der Waals surface area contributed by atoms with E-state index in [1.54, 1.807) is 19.4 Å². The predicted octanol–water partition coefficient (Wildman–Crippen LogP) is 2.08. The van der Waals surface area contributed by atoms with Crippen molar-refractivity contribution in [2.24, 2.45) is 0 Å². The molecule has 0 aliphatic rings. The number of hydrogen-bond acceptors (Lipinski definition) is 7. The summed E-state index contributed by atoms with van der Waals surface area (Å²) in [6.45, 7) is 0. The van der Waals surface area contributed by atoms with Crippen molar-refractivity contribution in [1.82, 2.24) is 9.97 Å². The molecule has 0 bridgehead atoms. The van der Waals surface area contributed by atoms with Crippen molar-refractivity contribution in [1.29, 1.82) is 0 Å². The highest BCUT2D eigenvalue weighted by Crippen LogP contribution is 2.23. The smallest absolute Gasteiger partial charge is 0.349 e. The molecule has 0 saturated carbocycles. The first-order valence-corrected chi connectivity index (χ1v) is 5.86. The van der Waals surface area contributed by atoms with Crippen molar-refractivity contribution in [2.75, 3.05) is 19.5 Å². The van der Waals surface area contributed by atoms with Gasteiger partial charge in [-0.3, -0.25) is 0 Å². The molecule has 0 atom stereocenters. The lowest BCUT2D eigenvalue weighted by Crippen LogP contribution is -1.96. The number of carbonyl (C=O) groups is 1. The zero-order valence-corrected chi connectivity index (χ0v) is 10.7. The molecule has 0 spiro atoms. The standard InChI is InChI=1S/C11H11N3O3S/c1-16-9-4-3-7(5-12-9)14-11-13-6-8(18-11)10(15)17-2/h3-6H,1-2H3,(H,13,14). The highest BCUT2D eigenvalue weighted by Gasteiger charge is 2.10. The molecule has 0 saturated heterocycles. The van der Waals surface area contributed by atoms with E-state index in [2.05, 4.69) is 20.0 Å². The van der Waals surface area contributed by atoms with E-state index in [0.29, 0.717) is 15.9 Å². The van der Waals surface area contributed by atoms with Gasteiger partial charge in [0.15, 0.2) is 5.13 Å². The van der Waals surface area contributed by atoms with Gasteiger partial charge in [0.25, 0.3) is 0 Å². The number of pyridine rings is 1. The van der Waals surface area contributed by atoms with Crippen LogP contribution >= 0.6 is 11.3 Å². The molecular weight excluding hydrogens is 254 g/mol. The molecule has 0 unspecified atom stereocenters. The third-order valence-electron chi connectivity index (χ3n) is 2.09. The zero-order chi connectivity index (χ0) is 13.0. The summed E-state index contributed by atoms with van der Waals surface area (Å²) in [4.78, 5) is 19.8. The van der Waals surface area contributed by atoms with Gasteiger partial charge in [-0.1, -0.05) is 11.3 Å². The van der Waals surface area contributed by atoms with E-state index in [9.17, 15) is 4.79 Å². The van der Waals surface area contributed by atoms with E-state index >= 15 is 0 Å². The maximum Gasteiger partial charge on any atom is 0.349 e. The average Bonchev–Trinajstić information content (AvgIpc) is 2.87. The van der Waals surface area contributed by atoms with E-state index in [-0.39, 0.29) is 0 Å². The lowest BCUT2D eigenvalue weighted by atomic mass is 10.4. The molecule has 0 aliphatic carbocycles. The van der Waals surface area contributed by atoms with Gasteiger partial charge < -0.3 is 14.8 Å². The first-order valence-electron chi connectivity index (χ1n) is 5.04. The predicted molar refractivity (Wildman–Crippen MR) is 67.5 cm³/mol. The molecule has 2 aromatic heterocycles. The van der Waals surface area contributed by atoms with Gasteiger partial charge in [0.1, 0.15) is 4.88 Å². The van der Waals surface area contributed by atoms with Crippen molar-refractivity contribution in [2.45, 2.75) is 0 Å². The number of rotatable bonds is 4. The second-order valence-corrected chi connectivity index (χ2v) is 4.27. The molecular formula is C11H11N3O3S. The second kappa shape index (κ2) is 5.46. The third-order valence-corrected chi connectivity index (χ3v) is 2.98. The number of nitrogens with zero attached hydrogens (tertiary/aromatic N) is 2. The van der Waals surface area contributed by atoms with Crippen LogP contribution in [-0.2, 0) is 4.74 Å². The summed E-state index contributed by atoms with van der Waals surface area (Å²) < 4.78 is 9.56. The van der Waals surface area contributed by atoms with Crippen molar-refractivity contribution < 1.29 is 14.3 Å². The Morgan fingerprint density at radius 2 is 2.11 bits per heavy atom. The molecule has 0 amide bonds. The summed E-state index contributed by atoms with van der Waals surface area (Å²) in [6, 6.07) is 3.54. The Hall–Kier alpha value is -2.15. The lowest BCUT2D eigenvalue weighted by molar-refractivity contribution is 0.0606. The number of esters is 1. The normalized spacial score (nSPS) is 9.89. The molecule has 0 aromatic carbocycles. The molecule has 2 heterocycles. The van der Waals surface area contributed by atoms with Gasteiger partial charge in [0.05, 0.1) is 32.3 Å². The number of hydrogen-bond donors (Lipinski definition) is 1. The van der Waals surface area contributed by atoms with Crippen molar-refractivity contribution in [3.8, 4) is 5.88 Å². The van der Waals surface area contributed by atoms with Crippen LogP contribution in [0, 0.1) is 0 Å². The van der Waals surface area contributed by atoms with Crippen LogP contribution < -0.4 is 10.1 Å². The van der Waals surface area contributed by atoms with Gasteiger partial charge in [-0.15, -0.1) is 0 Å². The minimum Gasteiger partial charge on any atom is -0.481 e. The van der Waals surface area contributed by atoms with Gasteiger partial charge >= 0.3 is 5.97 Å². The Morgan fingerprint density at radius 1 is 1.28 bits per heavy atom. The Labute approximate surface area is 108 Å². The zero-order valence-electron chi connectivity index (χ0n) is 9.84. The fourth-order valence-electron chi connectivity index (χ4n) is 1.23. The summed E-state index contributed by atoms with van der Waals surface area (Å²) in [5.74, 6) is 0.142. The van der Waals surface area contributed by atoms with E-state index in [1.165, 1.54) is 24.6 Å². The number of aromatic nitrogens is 2. The first-order chi connectivity index (χ1) is 8.72. The van der Waals surface area contributed by atoms with Gasteiger partial charge in [0.2, 0.25) is 5.88 Å². The van der Waals surface area contributed by atoms with Crippen LogP contribution in [0.4, 0.5) is 10.8 Å². The Morgan fingerprint density at radius 3 is 2.72 bits per heavy atom. The van der Waals surface area contributed by atoms with Crippen LogP contribution in [0.25, 0.3) is 0 Å². The number of nitrogens with one attached hydrogen (secondary N) is 1. The number of carbonyl (C=O) groups excluding carboxylic acids is 1. The van der Waals surface area contributed by atoms with Crippen molar-refractivity contribution in [3.05, 3.63) is 29.4 Å². The second-order valence-electron chi connectivity index (χ2n) is 3.24. The summed E-state index contributed by atoms with van der Waals surface area (Å²) in [5.41, 5.74) is 0.765. The molecule has 94 valence electrons. The third kappa shape index (κ3) is 2.75. The molecule has 7 heteroatoms. The molecule has 0 fully saturated rings. The van der Waals surface area contributed by atoms with E-state index in [1.807, 2.05) is 6.07 Å². The Balaban J connectivity index is 2.08. The topological polar surface area (TPSA) is 73.3 Å². The maximum absolute atomic E-state index is 11.3. The minimum atomic E-state index is -0.395. The van der Waals surface area contributed by atoms with Gasteiger partial charge in [0, 0.05) is 6.07 Å². The number of anilines is 2. The number of methoxy groups -OCH3 is 2. The quantitative estimate of drug-likeness (QED) is 0.853. The molecule has 0 aliphatic heterocycles. The van der Waals surface area contributed by atoms with E-state index in [4.69, 9.17) is 4.74 Å². The molecule has 18 heavy (non-hydrogen) atoms. The summed E-state index contributed by atoms with van der Waals surface area (Å²) in [6.07, 6.45) is 3.09. The highest BCUT2D eigenvalue weighted by atomic mass is 32.1. The maximum atomic E-state index is 11.3. The fraction of sp³-hybridized carbons (Fsp3) is 0.182. The molecule has 0 radical (unpaired) electrons. The van der Waals surface area contributed by atoms with Crippen molar-refractivity contribution in [3.63, 3.8) is 0 Å². The van der Waals surface area contributed by atoms with Gasteiger partial charge in [-0.25, -0.2) is 14.8 Å². The van der Waals surface area contributed by atoms with Gasteiger partial charge in [-0.05, 0) is 6.07 Å². The van der Waals surface area contributed by atoms with Crippen LogP contribution in [0.15, 0.2) is 24.5 Å². The Bertz CT molecular complexity index is 539. The largest absolute Gasteiger partial charge is 0.481 e.